The maximum absolute atomic E-state index is 4.98. The Hall–Kier alpha value is -0.120. The zero-order chi connectivity index (χ0) is 12.9. The molecule has 3 nitrogen and oxygen atoms in total. The maximum atomic E-state index is 4.98. The number of rotatable bonds is 11. The minimum absolute atomic E-state index is 0.814. The van der Waals surface area contributed by atoms with E-state index in [0.717, 1.165) is 32.2 Å². The molecule has 1 rings (SSSR count). The van der Waals surface area contributed by atoms with Crippen LogP contribution in [0.4, 0.5) is 0 Å². The molecule has 0 bridgehead atoms. The van der Waals surface area contributed by atoms with Crippen LogP contribution >= 0.6 is 0 Å². The fraction of sp³-hybridized carbons (Fsp3) is 1.00. The largest absolute Gasteiger partial charge is 0.383 e. The summed E-state index contributed by atoms with van der Waals surface area (Å²) in [5, 5.41) is 6.91. The molecule has 108 valence electrons. The highest BCUT2D eigenvalue weighted by molar-refractivity contribution is 4.66. The lowest BCUT2D eigenvalue weighted by Gasteiger charge is -2.21. The number of ether oxygens (including phenoxy) is 1. The van der Waals surface area contributed by atoms with Gasteiger partial charge in [-0.05, 0) is 44.8 Å². The van der Waals surface area contributed by atoms with Gasteiger partial charge >= 0.3 is 0 Å². The molecule has 0 heterocycles. The molecule has 18 heavy (non-hydrogen) atoms. The van der Waals surface area contributed by atoms with Crippen molar-refractivity contribution in [3.8, 4) is 0 Å². The Labute approximate surface area is 113 Å². The third-order valence-corrected chi connectivity index (χ3v) is 3.88. The van der Waals surface area contributed by atoms with Crippen molar-refractivity contribution >= 4 is 0 Å². The zero-order valence-electron chi connectivity index (χ0n) is 12.2. The minimum atomic E-state index is 0.814. The van der Waals surface area contributed by atoms with Crippen molar-refractivity contribution in [1.29, 1.82) is 0 Å². The zero-order valence-corrected chi connectivity index (χ0v) is 12.2. The fourth-order valence-corrected chi connectivity index (χ4v) is 2.75. The number of hydrogen-bond donors (Lipinski definition) is 2. The summed E-state index contributed by atoms with van der Waals surface area (Å²) < 4.78 is 4.98. The smallest absolute Gasteiger partial charge is 0.0587 e. The molecular weight excluding hydrogens is 224 g/mol. The Morgan fingerprint density at radius 1 is 0.889 bits per heavy atom. The highest BCUT2D eigenvalue weighted by Gasteiger charge is 2.12. The van der Waals surface area contributed by atoms with E-state index in [1.54, 1.807) is 7.11 Å². The molecule has 0 radical (unpaired) electrons. The number of methoxy groups -OCH3 is 1. The minimum Gasteiger partial charge on any atom is -0.383 e. The molecule has 0 aromatic carbocycles. The molecule has 0 aliphatic heterocycles. The van der Waals surface area contributed by atoms with E-state index in [9.17, 15) is 0 Å². The summed E-state index contributed by atoms with van der Waals surface area (Å²) in [6, 6.07) is 0. The van der Waals surface area contributed by atoms with E-state index >= 15 is 0 Å². The van der Waals surface area contributed by atoms with Gasteiger partial charge in [0.15, 0.2) is 0 Å². The Morgan fingerprint density at radius 3 is 2.28 bits per heavy atom. The molecule has 0 amide bonds. The molecule has 1 aliphatic rings. The molecule has 1 aliphatic carbocycles. The summed E-state index contributed by atoms with van der Waals surface area (Å²) in [6.45, 7) is 5.23. The van der Waals surface area contributed by atoms with Gasteiger partial charge in [0.1, 0.15) is 0 Å². The Morgan fingerprint density at radius 2 is 1.56 bits per heavy atom. The van der Waals surface area contributed by atoms with E-state index in [0.29, 0.717) is 0 Å². The lowest BCUT2D eigenvalue weighted by atomic mass is 9.86. The van der Waals surface area contributed by atoms with E-state index in [1.165, 1.54) is 57.9 Å². The van der Waals surface area contributed by atoms with E-state index in [-0.39, 0.29) is 0 Å². The number of hydrogen-bond acceptors (Lipinski definition) is 3. The third-order valence-electron chi connectivity index (χ3n) is 3.88. The summed E-state index contributed by atoms with van der Waals surface area (Å²) in [5.41, 5.74) is 0. The van der Waals surface area contributed by atoms with Crippen LogP contribution in [0.15, 0.2) is 0 Å². The predicted molar refractivity (Wildman–Crippen MR) is 78.0 cm³/mol. The van der Waals surface area contributed by atoms with Gasteiger partial charge in [0.25, 0.3) is 0 Å². The maximum Gasteiger partial charge on any atom is 0.0587 e. The molecule has 2 N–H and O–H groups in total. The summed E-state index contributed by atoms with van der Waals surface area (Å²) in [7, 11) is 1.75. The van der Waals surface area contributed by atoms with Crippen molar-refractivity contribution in [3.63, 3.8) is 0 Å². The van der Waals surface area contributed by atoms with Crippen LogP contribution in [0.1, 0.15) is 51.4 Å². The lowest BCUT2D eigenvalue weighted by molar-refractivity contribution is 0.199. The second-order valence-corrected chi connectivity index (χ2v) is 5.49. The van der Waals surface area contributed by atoms with Gasteiger partial charge in [0.05, 0.1) is 6.61 Å². The normalized spacial score (nSPS) is 17.2. The quantitative estimate of drug-likeness (QED) is 0.557. The summed E-state index contributed by atoms with van der Waals surface area (Å²) in [4.78, 5) is 0. The van der Waals surface area contributed by atoms with Crippen LogP contribution < -0.4 is 10.6 Å². The van der Waals surface area contributed by atoms with Gasteiger partial charge in [-0.25, -0.2) is 0 Å². The molecule has 0 saturated heterocycles. The molecular formula is C15H32N2O. The molecule has 0 spiro atoms. The average molecular weight is 256 g/mol. The highest BCUT2D eigenvalue weighted by Crippen LogP contribution is 2.26. The molecule has 3 heteroatoms. The van der Waals surface area contributed by atoms with Crippen molar-refractivity contribution in [1.82, 2.24) is 10.6 Å². The van der Waals surface area contributed by atoms with Crippen LogP contribution in [0.3, 0.4) is 0 Å². The van der Waals surface area contributed by atoms with Gasteiger partial charge in [-0.1, -0.05) is 32.1 Å². The first kappa shape index (κ1) is 15.9. The Balaban J connectivity index is 1.73. The van der Waals surface area contributed by atoms with Gasteiger partial charge < -0.3 is 15.4 Å². The molecule has 1 fully saturated rings. The van der Waals surface area contributed by atoms with E-state index in [4.69, 9.17) is 4.74 Å². The fourth-order valence-electron chi connectivity index (χ4n) is 2.75. The molecule has 0 aromatic heterocycles. The third kappa shape index (κ3) is 8.90. The Kier molecular flexibility index (Phi) is 10.6. The molecule has 0 unspecified atom stereocenters. The van der Waals surface area contributed by atoms with Crippen LogP contribution in [0.5, 0.6) is 0 Å². The average Bonchev–Trinajstić information content (AvgIpc) is 2.42. The molecule has 0 aromatic rings. The van der Waals surface area contributed by atoms with Gasteiger partial charge in [0.2, 0.25) is 0 Å². The van der Waals surface area contributed by atoms with Crippen molar-refractivity contribution in [3.05, 3.63) is 0 Å². The van der Waals surface area contributed by atoms with Crippen molar-refractivity contribution in [2.24, 2.45) is 5.92 Å². The van der Waals surface area contributed by atoms with Crippen molar-refractivity contribution in [2.75, 3.05) is 39.9 Å². The second kappa shape index (κ2) is 11.9. The Bertz CT molecular complexity index is 170. The van der Waals surface area contributed by atoms with Crippen molar-refractivity contribution < 1.29 is 4.74 Å². The van der Waals surface area contributed by atoms with E-state index < -0.39 is 0 Å². The summed E-state index contributed by atoms with van der Waals surface area (Å²) in [6.07, 6.45) is 11.4. The summed E-state index contributed by atoms with van der Waals surface area (Å²) in [5.74, 6) is 1.04. The molecule has 0 atom stereocenters. The van der Waals surface area contributed by atoms with Gasteiger partial charge in [0, 0.05) is 13.7 Å². The first-order chi connectivity index (χ1) is 8.93. The molecule has 1 saturated carbocycles. The standard InChI is InChI=1S/C15H32N2O/c1-18-14-13-17-12-6-11-16-10-5-9-15-7-3-2-4-8-15/h15-17H,2-14H2,1H3. The van der Waals surface area contributed by atoms with Crippen LogP contribution in [0.25, 0.3) is 0 Å². The highest BCUT2D eigenvalue weighted by atomic mass is 16.5. The second-order valence-electron chi connectivity index (χ2n) is 5.49. The van der Waals surface area contributed by atoms with Gasteiger partial charge in [-0.15, -0.1) is 0 Å². The summed E-state index contributed by atoms with van der Waals surface area (Å²) >= 11 is 0. The van der Waals surface area contributed by atoms with Crippen LogP contribution in [-0.2, 0) is 4.74 Å². The number of nitrogens with one attached hydrogen (secondary N) is 2. The van der Waals surface area contributed by atoms with Crippen LogP contribution in [0, 0.1) is 5.92 Å². The van der Waals surface area contributed by atoms with Crippen molar-refractivity contribution in [2.45, 2.75) is 51.4 Å². The van der Waals surface area contributed by atoms with Crippen LogP contribution in [0.2, 0.25) is 0 Å². The topological polar surface area (TPSA) is 33.3 Å². The first-order valence-electron chi connectivity index (χ1n) is 7.84. The van der Waals surface area contributed by atoms with Crippen LogP contribution in [-0.4, -0.2) is 39.9 Å². The first-order valence-corrected chi connectivity index (χ1v) is 7.84. The lowest BCUT2D eigenvalue weighted by Crippen LogP contribution is -2.25. The monoisotopic (exact) mass is 256 g/mol. The predicted octanol–water partition coefficient (Wildman–Crippen LogP) is 2.56. The van der Waals surface area contributed by atoms with E-state index in [1.807, 2.05) is 0 Å². The van der Waals surface area contributed by atoms with E-state index in [2.05, 4.69) is 10.6 Å². The van der Waals surface area contributed by atoms with Gasteiger partial charge in [-0.3, -0.25) is 0 Å². The SMILES string of the molecule is COCCNCCCNCCCC1CCCCC1. The van der Waals surface area contributed by atoms with Gasteiger partial charge in [-0.2, -0.15) is 0 Å².